The minimum atomic E-state index is -5.05. The Labute approximate surface area is 107 Å². The van der Waals surface area contributed by atoms with Gasteiger partial charge in [0.25, 0.3) is 0 Å². The van der Waals surface area contributed by atoms with Crippen LogP contribution in [0.15, 0.2) is 24.3 Å². The van der Waals surface area contributed by atoms with E-state index in [0.717, 1.165) is 12.1 Å². The summed E-state index contributed by atoms with van der Waals surface area (Å²) in [4.78, 5) is 10.9. The SMILES string of the molecule is CC(C)(O)[C@@H](NC(=O)C(F)(F)F)c1ccc(F)cc1. The van der Waals surface area contributed by atoms with E-state index in [1.165, 1.54) is 26.0 Å². The first-order valence-electron chi connectivity index (χ1n) is 5.37. The van der Waals surface area contributed by atoms with Gasteiger partial charge in [0.05, 0.1) is 11.6 Å². The highest BCUT2D eigenvalue weighted by Crippen LogP contribution is 2.27. The van der Waals surface area contributed by atoms with E-state index in [1.54, 1.807) is 5.32 Å². The molecule has 0 aliphatic rings. The van der Waals surface area contributed by atoms with Crippen LogP contribution in [-0.4, -0.2) is 22.8 Å². The zero-order valence-corrected chi connectivity index (χ0v) is 10.3. The summed E-state index contributed by atoms with van der Waals surface area (Å²) in [7, 11) is 0. The summed E-state index contributed by atoms with van der Waals surface area (Å²) >= 11 is 0. The number of aliphatic hydroxyl groups is 1. The average Bonchev–Trinajstić information content (AvgIpc) is 2.24. The summed E-state index contributed by atoms with van der Waals surface area (Å²) < 4.78 is 49.4. The molecule has 1 rings (SSSR count). The van der Waals surface area contributed by atoms with Gasteiger partial charge in [0.2, 0.25) is 0 Å². The quantitative estimate of drug-likeness (QED) is 0.834. The molecule has 0 aliphatic heterocycles. The standard InChI is InChI=1S/C12H13F4NO2/c1-11(2,19)9(17-10(18)12(14,15)16)7-3-5-8(13)6-4-7/h3-6,9,19H,1-2H3,(H,17,18)/t9-/m0/s1. The number of hydrogen-bond donors (Lipinski definition) is 2. The van der Waals surface area contributed by atoms with Gasteiger partial charge < -0.3 is 10.4 Å². The predicted octanol–water partition coefficient (Wildman–Crippen LogP) is 2.32. The molecule has 7 heteroatoms. The molecule has 0 aromatic heterocycles. The Hall–Kier alpha value is -1.63. The highest BCUT2D eigenvalue weighted by Gasteiger charge is 2.42. The van der Waals surface area contributed by atoms with Crippen molar-refractivity contribution in [3.8, 4) is 0 Å². The van der Waals surface area contributed by atoms with E-state index in [4.69, 9.17) is 0 Å². The van der Waals surface area contributed by atoms with Crippen LogP contribution in [0.5, 0.6) is 0 Å². The fraction of sp³-hybridized carbons (Fsp3) is 0.417. The third kappa shape index (κ3) is 4.20. The number of halogens is 4. The first-order chi connectivity index (χ1) is 8.51. The molecule has 0 saturated carbocycles. The van der Waals surface area contributed by atoms with Gasteiger partial charge in [0.1, 0.15) is 5.82 Å². The summed E-state index contributed by atoms with van der Waals surface area (Å²) in [6.07, 6.45) is -5.05. The second kappa shape index (κ2) is 5.16. The highest BCUT2D eigenvalue weighted by atomic mass is 19.4. The maximum atomic E-state index is 12.8. The zero-order chi connectivity index (χ0) is 14.8. The Morgan fingerprint density at radius 1 is 1.21 bits per heavy atom. The summed E-state index contributed by atoms with van der Waals surface area (Å²) in [6.45, 7) is 2.50. The Balaban J connectivity index is 3.04. The molecule has 0 unspecified atom stereocenters. The van der Waals surface area contributed by atoms with Gasteiger partial charge in [-0.05, 0) is 31.5 Å². The Morgan fingerprint density at radius 3 is 2.05 bits per heavy atom. The van der Waals surface area contributed by atoms with Crippen molar-refractivity contribution in [2.24, 2.45) is 0 Å². The van der Waals surface area contributed by atoms with E-state index in [1.807, 2.05) is 0 Å². The summed E-state index contributed by atoms with van der Waals surface area (Å²) in [6, 6.07) is 3.17. The third-order valence-corrected chi connectivity index (χ3v) is 2.44. The fourth-order valence-electron chi connectivity index (χ4n) is 1.54. The average molecular weight is 279 g/mol. The Bertz CT molecular complexity index is 448. The number of hydrogen-bond acceptors (Lipinski definition) is 2. The molecular weight excluding hydrogens is 266 g/mol. The number of alkyl halides is 3. The second-order valence-corrected chi connectivity index (χ2v) is 4.61. The van der Waals surface area contributed by atoms with E-state index in [2.05, 4.69) is 0 Å². The first-order valence-corrected chi connectivity index (χ1v) is 5.37. The minimum absolute atomic E-state index is 0.173. The molecule has 1 amide bonds. The molecule has 0 heterocycles. The van der Waals surface area contributed by atoms with Gasteiger partial charge in [0, 0.05) is 0 Å². The first kappa shape index (κ1) is 15.4. The van der Waals surface area contributed by atoms with Crippen LogP contribution >= 0.6 is 0 Å². The second-order valence-electron chi connectivity index (χ2n) is 4.61. The van der Waals surface area contributed by atoms with Gasteiger partial charge in [-0.2, -0.15) is 13.2 Å². The van der Waals surface area contributed by atoms with Gasteiger partial charge in [-0.3, -0.25) is 4.79 Å². The van der Waals surface area contributed by atoms with Crippen molar-refractivity contribution in [1.29, 1.82) is 0 Å². The fourth-order valence-corrected chi connectivity index (χ4v) is 1.54. The lowest BCUT2D eigenvalue weighted by atomic mass is 9.92. The molecule has 19 heavy (non-hydrogen) atoms. The molecule has 0 radical (unpaired) electrons. The smallest absolute Gasteiger partial charge is 0.388 e. The van der Waals surface area contributed by atoms with Gasteiger partial charge in [0.15, 0.2) is 0 Å². The lowest BCUT2D eigenvalue weighted by molar-refractivity contribution is -0.176. The molecule has 106 valence electrons. The molecule has 2 N–H and O–H groups in total. The Kier molecular flexibility index (Phi) is 4.19. The molecule has 0 spiro atoms. The largest absolute Gasteiger partial charge is 0.471 e. The molecule has 1 aromatic carbocycles. The number of nitrogens with one attached hydrogen (secondary N) is 1. The van der Waals surface area contributed by atoms with Crippen LogP contribution in [-0.2, 0) is 4.79 Å². The topological polar surface area (TPSA) is 49.3 Å². The van der Waals surface area contributed by atoms with E-state index in [0.29, 0.717) is 0 Å². The van der Waals surface area contributed by atoms with Gasteiger partial charge >= 0.3 is 12.1 Å². The molecule has 1 atom stereocenters. The van der Waals surface area contributed by atoms with E-state index in [9.17, 15) is 27.5 Å². The normalized spacial score (nSPS) is 14.1. The van der Waals surface area contributed by atoms with Gasteiger partial charge in [-0.1, -0.05) is 12.1 Å². The number of benzene rings is 1. The zero-order valence-electron chi connectivity index (χ0n) is 10.3. The van der Waals surface area contributed by atoms with Crippen LogP contribution in [0.1, 0.15) is 25.5 Å². The molecular formula is C12H13F4NO2. The molecule has 0 aliphatic carbocycles. The van der Waals surface area contributed by atoms with E-state index < -0.39 is 29.5 Å². The van der Waals surface area contributed by atoms with Crippen molar-refractivity contribution >= 4 is 5.91 Å². The van der Waals surface area contributed by atoms with Crippen molar-refractivity contribution in [3.05, 3.63) is 35.6 Å². The van der Waals surface area contributed by atoms with Gasteiger partial charge in [-0.25, -0.2) is 4.39 Å². The number of carbonyl (C=O) groups is 1. The summed E-state index contributed by atoms with van der Waals surface area (Å²) in [5.41, 5.74) is -1.47. The van der Waals surface area contributed by atoms with Crippen LogP contribution in [0.3, 0.4) is 0 Å². The van der Waals surface area contributed by atoms with Crippen LogP contribution < -0.4 is 5.32 Å². The molecule has 3 nitrogen and oxygen atoms in total. The van der Waals surface area contributed by atoms with Crippen LogP contribution in [0.4, 0.5) is 17.6 Å². The molecule has 1 aromatic rings. The number of amides is 1. The highest BCUT2D eigenvalue weighted by molar-refractivity contribution is 5.82. The van der Waals surface area contributed by atoms with Crippen molar-refractivity contribution in [1.82, 2.24) is 5.32 Å². The van der Waals surface area contributed by atoms with E-state index >= 15 is 0 Å². The van der Waals surface area contributed by atoms with Crippen molar-refractivity contribution in [2.45, 2.75) is 31.7 Å². The van der Waals surface area contributed by atoms with Crippen molar-refractivity contribution in [2.75, 3.05) is 0 Å². The lowest BCUT2D eigenvalue weighted by Gasteiger charge is -2.30. The monoisotopic (exact) mass is 279 g/mol. The maximum Gasteiger partial charge on any atom is 0.471 e. The molecule has 0 saturated heterocycles. The van der Waals surface area contributed by atoms with Crippen LogP contribution in [0.2, 0.25) is 0 Å². The van der Waals surface area contributed by atoms with Crippen LogP contribution in [0, 0.1) is 5.82 Å². The van der Waals surface area contributed by atoms with Crippen LogP contribution in [0.25, 0.3) is 0 Å². The summed E-state index contributed by atoms with van der Waals surface area (Å²) in [5.74, 6) is -2.73. The number of carbonyl (C=O) groups excluding carboxylic acids is 1. The summed E-state index contributed by atoms with van der Waals surface area (Å²) in [5, 5.41) is 11.5. The predicted molar refractivity (Wildman–Crippen MR) is 59.6 cm³/mol. The maximum absolute atomic E-state index is 12.8. The van der Waals surface area contributed by atoms with Crippen molar-refractivity contribution < 1.29 is 27.5 Å². The number of rotatable bonds is 3. The minimum Gasteiger partial charge on any atom is -0.388 e. The van der Waals surface area contributed by atoms with Gasteiger partial charge in [-0.15, -0.1) is 0 Å². The van der Waals surface area contributed by atoms with Crippen molar-refractivity contribution in [3.63, 3.8) is 0 Å². The lowest BCUT2D eigenvalue weighted by Crippen LogP contribution is -2.46. The third-order valence-electron chi connectivity index (χ3n) is 2.44. The van der Waals surface area contributed by atoms with E-state index in [-0.39, 0.29) is 5.56 Å². The Morgan fingerprint density at radius 2 is 1.68 bits per heavy atom. The molecule has 0 bridgehead atoms. The molecule has 0 fully saturated rings.